The zero-order chi connectivity index (χ0) is 30.2. The Kier molecular flexibility index (Phi) is 9.28. The smallest absolute Gasteiger partial charge is 0.271 e. The van der Waals surface area contributed by atoms with Crippen LogP contribution in [0.4, 0.5) is 0 Å². The summed E-state index contributed by atoms with van der Waals surface area (Å²) in [7, 11) is 0. The zero-order valence-electron chi connectivity index (χ0n) is 24.5. The SMILES string of the molecule is CCCCCCN1C(=O)C(C#N)=C(C)/C(=C\c2cn(-c3ccccc3)nc2-c2ccc(OCc3ccccc3)cc2)C1=O. The standard InChI is InChI=1S/C36H34N4O3/c1-3-4-5-12-21-39-35(41)32(26(2)33(23-37)36(39)42)22-29-24-40(30-15-10-7-11-16-30)38-34(29)28-17-19-31(20-18-28)43-25-27-13-8-6-9-14-27/h6-11,13-20,22,24H,3-5,12,21,25H2,1-2H3/b32-22+. The van der Waals surface area contributed by atoms with E-state index in [1.807, 2.05) is 97.2 Å². The minimum Gasteiger partial charge on any atom is -0.489 e. The molecular weight excluding hydrogens is 536 g/mol. The van der Waals surface area contributed by atoms with Crippen molar-refractivity contribution in [3.05, 3.63) is 119 Å². The Balaban J connectivity index is 1.51. The molecule has 1 aliphatic heterocycles. The van der Waals surface area contributed by atoms with Gasteiger partial charge in [0.25, 0.3) is 11.8 Å². The first kappa shape index (κ1) is 29.3. The van der Waals surface area contributed by atoms with Crippen molar-refractivity contribution in [2.24, 2.45) is 0 Å². The van der Waals surface area contributed by atoms with Crippen molar-refractivity contribution in [2.75, 3.05) is 6.54 Å². The number of hydrogen-bond donors (Lipinski definition) is 0. The van der Waals surface area contributed by atoms with Crippen molar-refractivity contribution in [1.82, 2.24) is 14.7 Å². The lowest BCUT2D eigenvalue weighted by molar-refractivity contribution is -0.140. The number of amides is 2. The van der Waals surface area contributed by atoms with E-state index in [9.17, 15) is 14.9 Å². The predicted octanol–water partition coefficient (Wildman–Crippen LogP) is 7.29. The number of carbonyl (C=O) groups excluding carboxylic acids is 2. The summed E-state index contributed by atoms with van der Waals surface area (Å²) < 4.78 is 7.74. The summed E-state index contributed by atoms with van der Waals surface area (Å²) in [6.07, 6.45) is 7.30. The molecular formula is C36H34N4O3. The molecule has 1 aromatic heterocycles. The van der Waals surface area contributed by atoms with Gasteiger partial charge in [0.15, 0.2) is 0 Å². The van der Waals surface area contributed by atoms with Gasteiger partial charge in [0.05, 0.1) is 11.4 Å². The normalized spacial score (nSPS) is 14.3. The molecule has 2 amide bonds. The second-order valence-corrected chi connectivity index (χ2v) is 10.5. The van der Waals surface area contributed by atoms with Crippen LogP contribution in [0.15, 0.2) is 108 Å². The van der Waals surface area contributed by atoms with Crippen LogP contribution in [0.25, 0.3) is 23.0 Å². The van der Waals surface area contributed by atoms with Gasteiger partial charge in [0.1, 0.15) is 24.0 Å². The van der Waals surface area contributed by atoms with Gasteiger partial charge >= 0.3 is 0 Å². The number of para-hydroxylation sites is 1. The first-order chi connectivity index (χ1) is 21.0. The third-order valence-corrected chi connectivity index (χ3v) is 7.50. The molecule has 0 spiro atoms. The highest BCUT2D eigenvalue weighted by Gasteiger charge is 2.35. The van der Waals surface area contributed by atoms with E-state index in [1.54, 1.807) is 17.7 Å². The molecule has 1 aliphatic rings. The van der Waals surface area contributed by atoms with Crippen molar-refractivity contribution in [3.63, 3.8) is 0 Å². The molecule has 43 heavy (non-hydrogen) atoms. The Morgan fingerprint density at radius 1 is 0.884 bits per heavy atom. The van der Waals surface area contributed by atoms with E-state index in [0.29, 0.717) is 35.4 Å². The van der Waals surface area contributed by atoms with E-state index < -0.39 is 5.91 Å². The number of benzene rings is 3. The molecule has 0 N–H and O–H groups in total. The maximum atomic E-state index is 13.7. The summed E-state index contributed by atoms with van der Waals surface area (Å²) >= 11 is 0. The van der Waals surface area contributed by atoms with Crippen LogP contribution in [0, 0.1) is 11.3 Å². The second kappa shape index (κ2) is 13.6. The average molecular weight is 571 g/mol. The van der Waals surface area contributed by atoms with Crippen molar-refractivity contribution in [1.29, 1.82) is 5.26 Å². The van der Waals surface area contributed by atoms with Gasteiger partial charge in [-0.05, 0) is 67.0 Å². The maximum absolute atomic E-state index is 13.7. The molecule has 0 atom stereocenters. The summed E-state index contributed by atoms with van der Waals surface area (Å²) in [6.45, 7) is 4.52. The van der Waals surface area contributed by atoms with Gasteiger partial charge in [-0.1, -0.05) is 74.7 Å². The zero-order valence-corrected chi connectivity index (χ0v) is 24.5. The van der Waals surface area contributed by atoms with Crippen LogP contribution in [0.3, 0.4) is 0 Å². The highest BCUT2D eigenvalue weighted by molar-refractivity contribution is 6.19. The maximum Gasteiger partial charge on any atom is 0.271 e. The molecule has 0 saturated heterocycles. The molecule has 0 fully saturated rings. The van der Waals surface area contributed by atoms with E-state index in [2.05, 4.69) is 6.92 Å². The molecule has 7 heteroatoms. The van der Waals surface area contributed by atoms with Crippen LogP contribution in [0.5, 0.6) is 5.75 Å². The predicted molar refractivity (Wildman–Crippen MR) is 167 cm³/mol. The highest BCUT2D eigenvalue weighted by Crippen LogP contribution is 2.32. The van der Waals surface area contributed by atoms with Crippen LogP contribution in [-0.2, 0) is 16.2 Å². The minimum absolute atomic E-state index is 0.00161. The molecule has 0 unspecified atom stereocenters. The monoisotopic (exact) mass is 570 g/mol. The quantitative estimate of drug-likeness (QED) is 0.107. The first-order valence-electron chi connectivity index (χ1n) is 14.6. The molecule has 4 aromatic rings. The van der Waals surface area contributed by atoms with Gasteiger partial charge in [-0.3, -0.25) is 14.5 Å². The molecule has 0 bridgehead atoms. The Hall–Kier alpha value is -5.22. The van der Waals surface area contributed by atoms with Gasteiger partial charge in [-0.15, -0.1) is 0 Å². The Bertz CT molecular complexity index is 1690. The van der Waals surface area contributed by atoms with Crippen LogP contribution in [0.1, 0.15) is 50.7 Å². The van der Waals surface area contributed by atoms with E-state index >= 15 is 0 Å². The van der Waals surface area contributed by atoms with Gasteiger partial charge in [-0.2, -0.15) is 10.4 Å². The molecule has 7 nitrogen and oxygen atoms in total. The van der Waals surface area contributed by atoms with Gasteiger partial charge in [-0.25, -0.2) is 4.68 Å². The number of carbonyl (C=O) groups is 2. The number of nitrogens with zero attached hydrogens (tertiary/aromatic N) is 4. The Morgan fingerprint density at radius 2 is 1.58 bits per heavy atom. The molecule has 0 aliphatic carbocycles. The van der Waals surface area contributed by atoms with Crippen LogP contribution < -0.4 is 4.74 Å². The summed E-state index contributed by atoms with van der Waals surface area (Å²) in [5.41, 5.74) is 4.85. The molecule has 5 rings (SSSR count). The van der Waals surface area contributed by atoms with Crippen LogP contribution in [-0.4, -0.2) is 33.0 Å². The number of imide groups is 1. The number of rotatable bonds is 11. The Morgan fingerprint density at radius 3 is 2.26 bits per heavy atom. The largest absolute Gasteiger partial charge is 0.489 e. The summed E-state index contributed by atoms with van der Waals surface area (Å²) in [5.74, 6) is -0.182. The molecule has 0 saturated carbocycles. The third-order valence-electron chi connectivity index (χ3n) is 7.50. The van der Waals surface area contributed by atoms with Crippen molar-refractivity contribution < 1.29 is 14.3 Å². The summed E-state index contributed by atoms with van der Waals surface area (Å²) in [5, 5.41) is 14.7. The van der Waals surface area contributed by atoms with E-state index in [0.717, 1.165) is 41.8 Å². The van der Waals surface area contributed by atoms with E-state index in [1.165, 1.54) is 4.90 Å². The average Bonchev–Trinajstić information content (AvgIpc) is 3.47. The molecule has 0 radical (unpaired) electrons. The molecule has 2 heterocycles. The minimum atomic E-state index is -0.523. The van der Waals surface area contributed by atoms with Crippen molar-refractivity contribution in [2.45, 2.75) is 46.1 Å². The number of nitriles is 1. The van der Waals surface area contributed by atoms with Gasteiger partial charge in [0.2, 0.25) is 0 Å². The van der Waals surface area contributed by atoms with Crippen LogP contribution >= 0.6 is 0 Å². The first-order valence-corrected chi connectivity index (χ1v) is 14.6. The van der Waals surface area contributed by atoms with Gasteiger partial charge < -0.3 is 4.74 Å². The van der Waals surface area contributed by atoms with Crippen LogP contribution in [0.2, 0.25) is 0 Å². The summed E-state index contributed by atoms with van der Waals surface area (Å²) in [6, 6.07) is 29.4. The molecule has 3 aromatic carbocycles. The fourth-order valence-corrected chi connectivity index (χ4v) is 5.07. The highest BCUT2D eigenvalue weighted by atomic mass is 16.5. The number of hydrogen-bond acceptors (Lipinski definition) is 5. The number of ether oxygens (including phenoxy) is 1. The number of aromatic nitrogens is 2. The Labute approximate surface area is 252 Å². The number of unbranched alkanes of at least 4 members (excludes halogenated alkanes) is 3. The lowest BCUT2D eigenvalue weighted by Crippen LogP contribution is -2.43. The lowest BCUT2D eigenvalue weighted by Gasteiger charge is -2.27. The van der Waals surface area contributed by atoms with Gasteiger partial charge in [0, 0.05) is 29.4 Å². The summed E-state index contributed by atoms with van der Waals surface area (Å²) in [4.78, 5) is 28.0. The lowest BCUT2D eigenvalue weighted by atomic mass is 9.93. The van der Waals surface area contributed by atoms with Crippen molar-refractivity contribution in [3.8, 4) is 28.8 Å². The van der Waals surface area contributed by atoms with E-state index in [4.69, 9.17) is 9.84 Å². The second-order valence-electron chi connectivity index (χ2n) is 10.5. The topological polar surface area (TPSA) is 88.2 Å². The van der Waals surface area contributed by atoms with Crippen molar-refractivity contribution >= 4 is 17.9 Å². The fraction of sp³-hybridized carbons (Fsp3) is 0.222. The molecule has 216 valence electrons. The fourth-order valence-electron chi connectivity index (χ4n) is 5.07. The van der Waals surface area contributed by atoms with E-state index in [-0.39, 0.29) is 18.0 Å². The third kappa shape index (κ3) is 6.65.